The fraction of sp³-hybridized carbons (Fsp3) is 0.500. The largest absolute Gasteiger partial charge is 0.491 e. The number of aryl methyl sites for hydroxylation is 1. The van der Waals surface area contributed by atoms with E-state index in [1.165, 1.54) is 36.1 Å². The van der Waals surface area contributed by atoms with Crippen LogP contribution >= 0.6 is 0 Å². The minimum Gasteiger partial charge on any atom is -0.491 e. The quantitative estimate of drug-likeness (QED) is 0.438. The first kappa shape index (κ1) is 24.7. The van der Waals surface area contributed by atoms with Crippen LogP contribution in [0.15, 0.2) is 35.5 Å². The van der Waals surface area contributed by atoms with E-state index in [9.17, 15) is 0 Å². The monoisotopic (exact) mass is 522 g/mol. The van der Waals surface area contributed by atoms with Crippen molar-refractivity contribution < 1.29 is 4.74 Å². The van der Waals surface area contributed by atoms with Crippen molar-refractivity contribution in [2.24, 2.45) is 10.4 Å². The molecule has 1 saturated heterocycles. The molecule has 4 aliphatic rings. The van der Waals surface area contributed by atoms with Crippen LogP contribution in [0.2, 0.25) is 0 Å². The Balaban J connectivity index is 1.24. The van der Waals surface area contributed by atoms with Gasteiger partial charge in [0.1, 0.15) is 24.0 Å². The van der Waals surface area contributed by atoms with Gasteiger partial charge < -0.3 is 9.64 Å². The van der Waals surface area contributed by atoms with E-state index in [1.54, 1.807) is 0 Å². The maximum absolute atomic E-state index is 6.27. The summed E-state index contributed by atoms with van der Waals surface area (Å²) in [5.74, 6) is 3.06. The van der Waals surface area contributed by atoms with E-state index in [2.05, 4.69) is 54.8 Å². The van der Waals surface area contributed by atoms with E-state index in [1.807, 2.05) is 6.20 Å². The van der Waals surface area contributed by atoms with Crippen LogP contribution in [-0.2, 0) is 32.4 Å². The fourth-order valence-corrected chi connectivity index (χ4v) is 6.57. The molecule has 5 heterocycles. The zero-order chi connectivity index (χ0) is 26.6. The third kappa shape index (κ3) is 4.93. The van der Waals surface area contributed by atoms with Gasteiger partial charge in [0, 0.05) is 47.3 Å². The highest BCUT2D eigenvalue weighted by molar-refractivity contribution is 5.92. The van der Waals surface area contributed by atoms with Crippen LogP contribution in [-0.4, -0.2) is 51.8 Å². The van der Waals surface area contributed by atoms with Gasteiger partial charge in [0.15, 0.2) is 0 Å². The van der Waals surface area contributed by atoms with Crippen molar-refractivity contribution >= 4 is 17.2 Å². The third-order valence-electron chi connectivity index (χ3n) is 8.73. The van der Waals surface area contributed by atoms with Gasteiger partial charge in [-0.05, 0) is 81.3 Å². The van der Waals surface area contributed by atoms with Gasteiger partial charge in [-0.1, -0.05) is 19.9 Å². The van der Waals surface area contributed by atoms with Gasteiger partial charge in [-0.15, -0.1) is 0 Å². The zero-order valence-electron chi connectivity index (χ0n) is 23.5. The van der Waals surface area contributed by atoms with Crippen molar-refractivity contribution in [1.29, 1.82) is 0 Å². The molecule has 1 fully saturated rings. The summed E-state index contributed by atoms with van der Waals surface area (Å²) in [5, 5.41) is 0. The molecule has 0 bridgehead atoms. The Morgan fingerprint density at radius 2 is 1.87 bits per heavy atom. The topological polar surface area (TPSA) is 66.7 Å². The van der Waals surface area contributed by atoms with Gasteiger partial charge in [0.25, 0.3) is 0 Å². The van der Waals surface area contributed by atoms with E-state index in [0.29, 0.717) is 6.61 Å². The standard InChI is InChI=1S/C32H38N6O/c1-21-14-27-28(34-21)16-23(18-33-27)22-6-7-29-24(15-22)19-38(12-13-39-29)31-25-17-32(2,3)9-8-26(25)35-30(36-31)20-37-10-4-5-11-37/h6-7,15-16,18H,4-5,8-14,17,19-20H2,1-3H3. The first-order chi connectivity index (χ1) is 18.9. The van der Waals surface area contributed by atoms with E-state index in [0.717, 1.165) is 97.6 Å². The molecule has 0 saturated carbocycles. The van der Waals surface area contributed by atoms with Gasteiger partial charge in [-0.25, -0.2) is 9.97 Å². The number of hydrogen-bond donors (Lipinski definition) is 0. The number of ether oxygens (including phenoxy) is 1. The molecule has 1 aliphatic carbocycles. The third-order valence-corrected chi connectivity index (χ3v) is 8.73. The van der Waals surface area contributed by atoms with E-state index < -0.39 is 0 Å². The maximum atomic E-state index is 6.27. The van der Waals surface area contributed by atoms with E-state index >= 15 is 0 Å². The van der Waals surface area contributed by atoms with Crippen LogP contribution in [0, 0.1) is 5.41 Å². The maximum Gasteiger partial charge on any atom is 0.144 e. The SMILES string of the molecule is CC1=Nc2cc(-c3ccc4c(c3)CN(c3nc(CN5CCCC5)nc5c3CC(C)(C)CC5)CCO4)cnc2C1. The van der Waals surface area contributed by atoms with Crippen molar-refractivity contribution in [3.63, 3.8) is 0 Å². The summed E-state index contributed by atoms with van der Waals surface area (Å²) >= 11 is 0. The molecule has 7 rings (SSSR count). The van der Waals surface area contributed by atoms with Crippen LogP contribution in [0.5, 0.6) is 5.75 Å². The molecule has 3 aliphatic heterocycles. The highest BCUT2D eigenvalue weighted by atomic mass is 16.5. The number of likely N-dealkylation sites (tertiary alicyclic amines) is 1. The Labute approximate surface area is 231 Å². The number of aliphatic imine (C=N–C) groups is 1. The second kappa shape index (κ2) is 9.70. The summed E-state index contributed by atoms with van der Waals surface area (Å²) in [6.45, 7) is 12.2. The molecule has 0 amide bonds. The lowest BCUT2D eigenvalue weighted by atomic mass is 9.76. The first-order valence-corrected chi connectivity index (χ1v) is 14.6. The molecule has 7 heteroatoms. The lowest BCUT2D eigenvalue weighted by Crippen LogP contribution is -2.32. The summed E-state index contributed by atoms with van der Waals surface area (Å²) < 4.78 is 6.27. The lowest BCUT2D eigenvalue weighted by Gasteiger charge is -2.34. The Bertz CT molecular complexity index is 1460. The molecule has 3 aromatic rings. The Kier molecular flexibility index (Phi) is 6.14. The van der Waals surface area contributed by atoms with Crippen molar-refractivity contribution in [2.75, 3.05) is 31.1 Å². The molecule has 0 N–H and O–H groups in total. The summed E-state index contributed by atoms with van der Waals surface area (Å²) in [7, 11) is 0. The second-order valence-electron chi connectivity index (χ2n) is 12.5. The number of hydrogen-bond acceptors (Lipinski definition) is 7. The molecule has 202 valence electrons. The number of nitrogens with zero attached hydrogens (tertiary/aromatic N) is 6. The van der Waals surface area contributed by atoms with Gasteiger partial charge in [0.05, 0.1) is 24.5 Å². The predicted octanol–water partition coefficient (Wildman–Crippen LogP) is 5.70. The van der Waals surface area contributed by atoms with Gasteiger partial charge in [0.2, 0.25) is 0 Å². The molecule has 0 unspecified atom stereocenters. The van der Waals surface area contributed by atoms with Crippen molar-refractivity contribution in [1.82, 2.24) is 19.9 Å². The summed E-state index contributed by atoms with van der Waals surface area (Å²) in [6.07, 6.45) is 8.61. The number of pyridine rings is 1. The fourth-order valence-electron chi connectivity index (χ4n) is 6.57. The predicted molar refractivity (Wildman–Crippen MR) is 155 cm³/mol. The molecule has 7 nitrogen and oxygen atoms in total. The average Bonchev–Trinajstić information content (AvgIpc) is 3.50. The number of benzene rings is 1. The summed E-state index contributed by atoms with van der Waals surface area (Å²) in [6, 6.07) is 8.70. The molecule has 1 aromatic carbocycles. The summed E-state index contributed by atoms with van der Waals surface area (Å²) in [5.41, 5.74) is 9.49. The Hall–Kier alpha value is -3.32. The van der Waals surface area contributed by atoms with Crippen LogP contribution < -0.4 is 9.64 Å². The normalized spacial score (nSPS) is 20.1. The second-order valence-corrected chi connectivity index (χ2v) is 12.5. The molecular weight excluding hydrogens is 484 g/mol. The van der Waals surface area contributed by atoms with Crippen molar-refractivity contribution in [3.05, 3.63) is 58.8 Å². The van der Waals surface area contributed by atoms with E-state index in [4.69, 9.17) is 24.7 Å². The van der Waals surface area contributed by atoms with Crippen LogP contribution in [0.3, 0.4) is 0 Å². The minimum atomic E-state index is 0.260. The molecule has 0 spiro atoms. The van der Waals surface area contributed by atoms with Gasteiger partial charge in [-0.2, -0.15) is 0 Å². The van der Waals surface area contributed by atoms with Crippen LogP contribution in [0.4, 0.5) is 11.5 Å². The molecular formula is C32H38N6O. The number of fused-ring (bicyclic) bond motifs is 3. The molecule has 39 heavy (non-hydrogen) atoms. The number of rotatable bonds is 4. The van der Waals surface area contributed by atoms with Crippen LogP contribution in [0.25, 0.3) is 11.1 Å². The number of aromatic nitrogens is 3. The lowest BCUT2D eigenvalue weighted by molar-refractivity contribution is 0.303. The van der Waals surface area contributed by atoms with Crippen molar-refractivity contribution in [2.45, 2.75) is 72.4 Å². The summed E-state index contributed by atoms with van der Waals surface area (Å²) in [4.78, 5) is 24.8. The van der Waals surface area contributed by atoms with Gasteiger partial charge >= 0.3 is 0 Å². The first-order valence-electron chi connectivity index (χ1n) is 14.6. The van der Waals surface area contributed by atoms with Crippen LogP contribution in [0.1, 0.15) is 68.4 Å². The Morgan fingerprint density at radius 3 is 2.74 bits per heavy atom. The van der Waals surface area contributed by atoms with Gasteiger partial charge in [-0.3, -0.25) is 14.9 Å². The zero-order valence-corrected chi connectivity index (χ0v) is 23.5. The average molecular weight is 523 g/mol. The van der Waals surface area contributed by atoms with Crippen molar-refractivity contribution in [3.8, 4) is 16.9 Å². The minimum absolute atomic E-state index is 0.260. The molecule has 0 radical (unpaired) electrons. The van der Waals surface area contributed by atoms with E-state index in [-0.39, 0.29) is 5.41 Å². The highest BCUT2D eigenvalue weighted by Crippen LogP contribution is 2.40. The highest BCUT2D eigenvalue weighted by Gasteiger charge is 2.32. The Morgan fingerprint density at radius 1 is 1.00 bits per heavy atom. The molecule has 0 atom stereocenters. The number of anilines is 1. The molecule has 2 aromatic heterocycles. The smallest absolute Gasteiger partial charge is 0.144 e.